The summed E-state index contributed by atoms with van der Waals surface area (Å²) in [5.41, 5.74) is -0.271. The van der Waals surface area contributed by atoms with Gasteiger partial charge in [-0.3, -0.25) is 14.3 Å². The van der Waals surface area contributed by atoms with E-state index in [0.717, 1.165) is 0 Å². The molecule has 0 spiro atoms. The largest absolute Gasteiger partial charge is 0.460 e. The van der Waals surface area contributed by atoms with Crippen LogP contribution in [0.15, 0.2) is 12.3 Å². The van der Waals surface area contributed by atoms with Gasteiger partial charge in [-0.15, -0.1) is 0 Å². The zero-order valence-electron chi connectivity index (χ0n) is 13.4. The first kappa shape index (κ1) is 16.5. The van der Waals surface area contributed by atoms with Crippen LogP contribution in [0.2, 0.25) is 0 Å². The number of rotatable bonds is 3. The summed E-state index contributed by atoms with van der Waals surface area (Å²) in [5, 5.41) is 16.8. The van der Waals surface area contributed by atoms with Crippen molar-refractivity contribution in [2.45, 2.75) is 51.4 Å². The standard InChI is InChI=1S/C15H23N3O4/c1-15(2,3)22-14(21)9-7-11(12(19)8-9)16-13(20)10-5-6-18(4)17-10/h5-6,9,11-12,19H,7-8H2,1-4H3,(H,16,20). The van der Waals surface area contributed by atoms with Gasteiger partial charge in [0, 0.05) is 13.2 Å². The molecule has 1 aromatic rings. The number of hydrogen-bond acceptors (Lipinski definition) is 5. The van der Waals surface area contributed by atoms with E-state index in [1.807, 2.05) is 0 Å². The molecule has 0 bridgehead atoms. The van der Waals surface area contributed by atoms with Crippen LogP contribution in [0.1, 0.15) is 44.1 Å². The molecule has 7 nitrogen and oxygen atoms in total. The Bertz CT molecular complexity index is 561. The molecular formula is C15H23N3O4. The van der Waals surface area contributed by atoms with Gasteiger partial charge in [-0.1, -0.05) is 0 Å². The van der Waals surface area contributed by atoms with Gasteiger partial charge in [0.05, 0.1) is 18.1 Å². The number of aromatic nitrogens is 2. The van der Waals surface area contributed by atoms with Crippen LogP contribution in [0, 0.1) is 5.92 Å². The Hall–Kier alpha value is -1.89. The van der Waals surface area contributed by atoms with E-state index < -0.39 is 23.7 Å². The molecule has 122 valence electrons. The third-order valence-electron chi connectivity index (χ3n) is 3.53. The lowest BCUT2D eigenvalue weighted by Crippen LogP contribution is -2.40. The molecule has 1 amide bonds. The SMILES string of the molecule is Cn1ccc(C(=O)NC2CC(C(=O)OC(C)(C)C)CC2O)n1. The molecule has 1 heterocycles. The van der Waals surface area contributed by atoms with E-state index in [-0.39, 0.29) is 17.6 Å². The summed E-state index contributed by atoms with van der Waals surface area (Å²) in [4.78, 5) is 24.1. The molecule has 22 heavy (non-hydrogen) atoms. The highest BCUT2D eigenvalue weighted by atomic mass is 16.6. The third-order valence-corrected chi connectivity index (χ3v) is 3.53. The summed E-state index contributed by atoms with van der Waals surface area (Å²) in [6, 6.07) is 1.13. The zero-order chi connectivity index (χ0) is 16.5. The molecule has 0 aromatic carbocycles. The molecule has 0 saturated heterocycles. The second kappa shape index (κ2) is 6.08. The second-order valence-corrected chi connectivity index (χ2v) is 6.72. The Morgan fingerprint density at radius 3 is 2.64 bits per heavy atom. The molecule has 1 fully saturated rings. The lowest BCUT2D eigenvalue weighted by atomic mass is 10.1. The van der Waals surface area contributed by atoms with Gasteiger partial charge in [-0.2, -0.15) is 5.10 Å². The van der Waals surface area contributed by atoms with Crippen molar-refractivity contribution >= 4 is 11.9 Å². The van der Waals surface area contributed by atoms with Crippen LogP contribution in [0.3, 0.4) is 0 Å². The number of nitrogens with zero attached hydrogens (tertiary/aromatic N) is 2. The number of ether oxygens (including phenoxy) is 1. The molecule has 1 aliphatic rings. The number of nitrogens with one attached hydrogen (secondary N) is 1. The maximum atomic E-state index is 12.1. The van der Waals surface area contributed by atoms with Crippen molar-refractivity contribution in [3.05, 3.63) is 18.0 Å². The lowest BCUT2D eigenvalue weighted by molar-refractivity contribution is -0.160. The topological polar surface area (TPSA) is 93.5 Å². The van der Waals surface area contributed by atoms with E-state index >= 15 is 0 Å². The molecule has 3 atom stereocenters. The molecule has 0 radical (unpaired) electrons. The molecule has 1 saturated carbocycles. The molecule has 0 aliphatic heterocycles. The fourth-order valence-electron chi connectivity index (χ4n) is 2.53. The van der Waals surface area contributed by atoms with Gasteiger partial charge in [0.1, 0.15) is 11.3 Å². The predicted molar refractivity (Wildman–Crippen MR) is 79.0 cm³/mol. The third kappa shape index (κ3) is 4.07. The summed E-state index contributed by atoms with van der Waals surface area (Å²) in [5.74, 6) is -1.08. The molecule has 3 unspecified atom stereocenters. The summed E-state index contributed by atoms with van der Waals surface area (Å²) < 4.78 is 6.86. The summed E-state index contributed by atoms with van der Waals surface area (Å²) in [6.07, 6.45) is 1.57. The number of aliphatic hydroxyl groups excluding tert-OH is 1. The van der Waals surface area contributed by atoms with Crippen molar-refractivity contribution < 1.29 is 19.4 Å². The fraction of sp³-hybridized carbons (Fsp3) is 0.667. The molecule has 1 aromatic heterocycles. The van der Waals surface area contributed by atoms with E-state index in [1.165, 1.54) is 4.68 Å². The number of amides is 1. The Balaban J connectivity index is 1.94. The highest BCUT2D eigenvalue weighted by molar-refractivity contribution is 5.92. The normalized spacial score (nSPS) is 25.0. The Labute approximate surface area is 129 Å². The van der Waals surface area contributed by atoms with Crippen molar-refractivity contribution in [2.24, 2.45) is 13.0 Å². The van der Waals surface area contributed by atoms with Gasteiger partial charge >= 0.3 is 5.97 Å². The smallest absolute Gasteiger partial charge is 0.309 e. The number of aryl methyl sites for hydroxylation is 1. The molecule has 7 heteroatoms. The van der Waals surface area contributed by atoms with Gasteiger partial charge in [0.25, 0.3) is 5.91 Å². The second-order valence-electron chi connectivity index (χ2n) is 6.72. The molecule has 2 rings (SSSR count). The van der Waals surface area contributed by atoms with Crippen molar-refractivity contribution in [1.82, 2.24) is 15.1 Å². The first-order valence-corrected chi connectivity index (χ1v) is 7.37. The maximum absolute atomic E-state index is 12.1. The van der Waals surface area contributed by atoms with Crippen molar-refractivity contribution in [2.75, 3.05) is 0 Å². The monoisotopic (exact) mass is 309 g/mol. The number of carbonyl (C=O) groups excluding carboxylic acids is 2. The van der Waals surface area contributed by atoms with Crippen molar-refractivity contribution in [1.29, 1.82) is 0 Å². The molecule has 2 N–H and O–H groups in total. The summed E-state index contributed by atoms with van der Waals surface area (Å²) >= 11 is 0. The molecular weight excluding hydrogens is 286 g/mol. The van der Waals surface area contributed by atoms with Gasteiger partial charge in [-0.25, -0.2) is 0 Å². The highest BCUT2D eigenvalue weighted by Gasteiger charge is 2.39. The minimum Gasteiger partial charge on any atom is -0.460 e. The summed E-state index contributed by atoms with van der Waals surface area (Å²) in [6.45, 7) is 5.41. The van der Waals surface area contributed by atoms with Crippen molar-refractivity contribution in [3.63, 3.8) is 0 Å². The van der Waals surface area contributed by atoms with Crippen LogP contribution in [0.25, 0.3) is 0 Å². The van der Waals surface area contributed by atoms with Gasteiger partial charge in [0.2, 0.25) is 0 Å². The van der Waals surface area contributed by atoms with E-state index in [0.29, 0.717) is 12.8 Å². The van der Waals surface area contributed by atoms with Crippen LogP contribution in [0.4, 0.5) is 0 Å². The van der Waals surface area contributed by atoms with Crippen LogP contribution in [0.5, 0.6) is 0 Å². The van der Waals surface area contributed by atoms with Crippen LogP contribution < -0.4 is 5.32 Å². The number of hydrogen-bond donors (Lipinski definition) is 2. The minimum atomic E-state index is -0.759. The fourth-order valence-corrected chi connectivity index (χ4v) is 2.53. The number of aliphatic hydroxyl groups is 1. The highest BCUT2D eigenvalue weighted by Crippen LogP contribution is 2.28. The van der Waals surface area contributed by atoms with Gasteiger partial charge in [-0.05, 0) is 39.7 Å². The predicted octanol–water partition coefficient (Wildman–Crippen LogP) is 0.631. The van der Waals surface area contributed by atoms with Crippen LogP contribution in [-0.2, 0) is 16.6 Å². The van der Waals surface area contributed by atoms with Crippen molar-refractivity contribution in [3.8, 4) is 0 Å². The molecule has 1 aliphatic carbocycles. The quantitative estimate of drug-likeness (QED) is 0.799. The van der Waals surface area contributed by atoms with E-state index in [2.05, 4.69) is 10.4 Å². The van der Waals surface area contributed by atoms with Crippen LogP contribution >= 0.6 is 0 Å². The maximum Gasteiger partial charge on any atom is 0.309 e. The van der Waals surface area contributed by atoms with E-state index in [1.54, 1.807) is 40.1 Å². The Morgan fingerprint density at radius 2 is 2.09 bits per heavy atom. The van der Waals surface area contributed by atoms with Crippen LogP contribution in [-0.4, -0.2) is 44.5 Å². The average Bonchev–Trinajstić information content (AvgIpc) is 2.95. The zero-order valence-corrected chi connectivity index (χ0v) is 13.4. The van der Waals surface area contributed by atoms with E-state index in [9.17, 15) is 14.7 Å². The average molecular weight is 309 g/mol. The first-order valence-electron chi connectivity index (χ1n) is 7.37. The first-order chi connectivity index (χ1) is 10.2. The summed E-state index contributed by atoms with van der Waals surface area (Å²) in [7, 11) is 1.72. The van der Waals surface area contributed by atoms with Gasteiger partial charge < -0.3 is 15.2 Å². The van der Waals surface area contributed by atoms with Gasteiger partial charge in [0.15, 0.2) is 0 Å². The number of carbonyl (C=O) groups is 2. The number of esters is 1. The Kier molecular flexibility index (Phi) is 4.55. The van der Waals surface area contributed by atoms with E-state index in [4.69, 9.17) is 4.74 Å². The minimum absolute atomic E-state index is 0.287. The lowest BCUT2D eigenvalue weighted by Gasteiger charge is -2.22. The Morgan fingerprint density at radius 1 is 1.41 bits per heavy atom.